The van der Waals surface area contributed by atoms with E-state index in [9.17, 15) is 14.4 Å². The van der Waals surface area contributed by atoms with Crippen LogP contribution in [0.1, 0.15) is 23.3 Å². The minimum atomic E-state index is -1.08. The second-order valence-corrected chi connectivity index (χ2v) is 10.2. The van der Waals surface area contributed by atoms with Crippen LogP contribution in [0.5, 0.6) is 0 Å². The molecule has 192 valence electrons. The molecule has 3 heterocycles. The Labute approximate surface area is 218 Å². The van der Waals surface area contributed by atoms with Crippen molar-refractivity contribution in [3.63, 3.8) is 0 Å². The van der Waals surface area contributed by atoms with Crippen molar-refractivity contribution in [2.24, 2.45) is 0 Å². The topological polar surface area (TPSA) is 120 Å². The quantitative estimate of drug-likeness (QED) is 0.349. The standard InChI is InChI=1S/C24H23N3OS.C4H6O4/c1-16-13-20-23(29-16)22(28)19-9-5-6-10-21(19)26-24(20)27-12-11-25-18(15-27)14-17-7-3-2-4-8-17;5-3(6)1-2-4(7)8/h2-10,13,18,25H,11-12,14-15H2,1H3;1-2H2,(H,5,6)(H,7,8)/t18-;/m0./s1. The van der Waals surface area contributed by atoms with Crippen molar-refractivity contribution in [1.29, 1.82) is 0 Å². The molecular formula is C28H29N3O5S. The molecule has 0 unspecified atom stereocenters. The number of fused-ring (bicyclic) bond motifs is 2. The van der Waals surface area contributed by atoms with Crippen LogP contribution in [0.3, 0.4) is 0 Å². The van der Waals surface area contributed by atoms with E-state index in [1.165, 1.54) is 5.56 Å². The highest BCUT2D eigenvalue weighted by Crippen LogP contribution is 2.31. The van der Waals surface area contributed by atoms with Crippen LogP contribution in [0.2, 0.25) is 0 Å². The number of aliphatic carboxylic acids is 2. The Bertz CT molecular complexity index is 1460. The molecule has 4 aromatic rings. The summed E-state index contributed by atoms with van der Waals surface area (Å²) in [7, 11) is 0. The molecule has 2 aromatic heterocycles. The van der Waals surface area contributed by atoms with Crippen LogP contribution in [0.15, 0.2) is 65.5 Å². The van der Waals surface area contributed by atoms with E-state index in [1.807, 2.05) is 24.3 Å². The molecule has 0 amide bonds. The van der Waals surface area contributed by atoms with E-state index in [2.05, 4.69) is 53.5 Å². The van der Waals surface area contributed by atoms with E-state index in [0.717, 1.165) is 52.4 Å². The van der Waals surface area contributed by atoms with Gasteiger partial charge in [0, 0.05) is 41.3 Å². The van der Waals surface area contributed by atoms with Gasteiger partial charge >= 0.3 is 11.9 Å². The molecule has 0 saturated carbocycles. The summed E-state index contributed by atoms with van der Waals surface area (Å²) >= 11 is 1.57. The van der Waals surface area contributed by atoms with Crippen LogP contribution in [-0.2, 0) is 16.0 Å². The number of benzene rings is 2. The molecular weight excluding hydrogens is 490 g/mol. The summed E-state index contributed by atoms with van der Waals surface area (Å²) in [6.45, 7) is 4.73. The summed E-state index contributed by atoms with van der Waals surface area (Å²) in [4.78, 5) is 41.0. The van der Waals surface area contributed by atoms with Crippen LogP contribution in [0.25, 0.3) is 21.0 Å². The highest BCUT2D eigenvalue weighted by Gasteiger charge is 2.23. The van der Waals surface area contributed by atoms with Gasteiger partial charge in [-0.25, -0.2) is 4.98 Å². The lowest BCUT2D eigenvalue weighted by Crippen LogP contribution is -2.51. The lowest BCUT2D eigenvalue weighted by atomic mass is 10.0. The van der Waals surface area contributed by atoms with Crippen LogP contribution < -0.4 is 15.6 Å². The second-order valence-electron chi connectivity index (χ2n) is 8.96. The molecule has 0 radical (unpaired) electrons. The highest BCUT2D eigenvalue weighted by molar-refractivity contribution is 7.19. The van der Waals surface area contributed by atoms with E-state index >= 15 is 0 Å². The van der Waals surface area contributed by atoms with Crippen molar-refractivity contribution in [3.8, 4) is 0 Å². The average molecular weight is 520 g/mol. The molecule has 1 fully saturated rings. The Morgan fingerprint density at radius 1 is 1.03 bits per heavy atom. The predicted octanol–water partition coefficient (Wildman–Crippen LogP) is 4.07. The maximum absolute atomic E-state index is 13.2. The molecule has 0 aliphatic carbocycles. The number of nitrogens with zero attached hydrogens (tertiary/aromatic N) is 2. The number of aromatic nitrogens is 1. The highest BCUT2D eigenvalue weighted by atomic mass is 32.1. The fraction of sp³-hybridized carbons (Fsp3) is 0.286. The molecule has 9 heteroatoms. The number of anilines is 1. The summed E-state index contributed by atoms with van der Waals surface area (Å²) in [5.41, 5.74) is 2.19. The first-order valence-corrected chi connectivity index (χ1v) is 12.9. The first-order valence-electron chi connectivity index (χ1n) is 12.1. The molecule has 37 heavy (non-hydrogen) atoms. The van der Waals surface area contributed by atoms with E-state index in [0.29, 0.717) is 11.4 Å². The molecule has 1 aliphatic rings. The van der Waals surface area contributed by atoms with Crippen molar-refractivity contribution in [3.05, 3.63) is 81.3 Å². The third-order valence-electron chi connectivity index (χ3n) is 6.11. The third kappa shape index (κ3) is 6.69. The van der Waals surface area contributed by atoms with E-state index < -0.39 is 11.9 Å². The average Bonchev–Trinajstić information content (AvgIpc) is 3.23. The maximum atomic E-state index is 13.2. The van der Waals surface area contributed by atoms with Crippen LogP contribution in [-0.4, -0.2) is 52.8 Å². The fourth-order valence-corrected chi connectivity index (χ4v) is 5.38. The van der Waals surface area contributed by atoms with Gasteiger partial charge in [-0.05, 0) is 37.1 Å². The number of aryl methyl sites for hydroxylation is 1. The Morgan fingerprint density at radius 3 is 2.41 bits per heavy atom. The molecule has 0 spiro atoms. The zero-order valence-electron chi connectivity index (χ0n) is 20.5. The van der Waals surface area contributed by atoms with Gasteiger partial charge in [0.05, 0.1) is 23.1 Å². The molecule has 5 rings (SSSR count). The predicted molar refractivity (Wildman–Crippen MR) is 147 cm³/mol. The molecule has 2 aromatic carbocycles. The number of carboxylic acids is 2. The summed E-state index contributed by atoms with van der Waals surface area (Å²) in [5, 5.41) is 21.1. The summed E-state index contributed by atoms with van der Waals surface area (Å²) in [5.74, 6) is -1.22. The number of hydrogen-bond donors (Lipinski definition) is 3. The first kappa shape index (κ1) is 26.2. The number of carboxylic acid groups (broad SMARTS) is 2. The number of nitrogens with one attached hydrogen (secondary N) is 1. The number of rotatable bonds is 6. The van der Waals surface area contributed by atoms with E-state index in [4.69, 9.17) is 15.2 Å². The number of thiophene rings is 1. The Morgan fingerprint density at radius 2 is 1.70 bits per heavy atom. The Hall–Kier alpha value is -3.82. The summed E-state index contributed by atoms with van der Waals surface area (Å²) < 4.78 is 0.810. The van der Waals surface area contributed by atoms with Crippen LogP contribution >= 0.6 is 11.3 Å². The van der Waals surface area contributed by atoms with E-state index in [1.54, 1.807) is 11.3 Å². The van der Waals surface area contributed by atoms with Crippen molar-refractivity contribution in [2.45, 2.75) is 32.2 Å². The van der Waals surface area contributed by atoms with Crippen molar-refractivity contribution < 1.29 is 19.8 Å². The van der Waals surface area contributed by atoms with Gasteiger partial charge in [0.2, 0.25) is 5.43 Å². The Balaban J connectivity index is 0.000000349. The SMILES string of the molecule is Cc1cc2c(N3CCN[C@@H](Cc4ccccc4)C3)nc3ccccc3c(=O)c2s1.O=C(O)CCC(=O)O. The molecule has 3 N–H and O–H groups in total. The lowest BCUT2D eigenvalue weighted by Gasteiger charge is -2.34. The normalized spacial score (nSPS) is 15.3. The molecule has 1 atom stereocenters. The first-order chi connectivity index (χ1) is 17.8. The van der Waals surface area contributed by atoms with Gasteiger partial charge in [-0.3, -0.25) is 14.4 Å². The van der Waals surface area contributed by atoms with Crippen molar-refractivity contribution in [1.82, 2.24) is 10.3 Å². The van der Waals surface area contributed by atoms with Gasteiger partial charge in [-0.2, -0.15) is 0 Å². The van der Waals surface area contributed by atoms with Gasteiger partial charge in [-0.15, -0.1) is 11.3 Å². The van der Waals surface area contributed by atoms with Crippen LogP contribution in [0, 0.1) is 6.92 Å². The smallest absolute Gasteiger partial charge is 0.303 e. The molecule has 8 nitrogen and oxygen atoms in total. The minimum Gasteiger partial charge on any atom is -0.481 e. The Kier molecular flexibility index (Phi) is 8.47. The maximum Gasteiger partial charge on any atom is 0.303 e. The summed E-state index contributed by atoms with van der Waals surface area (Å²) in [6, 6.07) is 20.8. The lowest BCUT2D eigenvalue weighted by molar-refractivity contribution is -0.143. The minimum absolute atomic E-state index is 0.0865. The number of hydrogen-bond acceptors (Lipinski definition) is 7. The van der Waals surface area contributed by atoms with Gasteiger partial charge in [0.25, 0.3) is 0 Å². The number of carbonyl (C=O) groups is 2. The zero-order chi connectivity index (χ0) is 26.4. The van der Waals surface area contributed by atoms with Crippen LogP contribution in [0.4, 0.5) is 5.82 Å². The monoisotopic (exact) mass is 519 g/mol. The van der Waals surface area contributed by atoms with Gasteiger partial charge < -0.3 is 20.4 Å². The molecule has 0 bridgehead atoms. The van der Waals surface area contributed by atoms with Crippen molar-refractivity contribution in [2.75, 3.05) is 24.5 Å². The number of para-hydroxylation sites is 1. The van der Waals surface area contributed by atoms with E-state index in [-0.39, 0.29) is 18.3 Å². The molecule has 1 aliphatic heterocycles. The van der Waals surface area contributed by atoms with Gasteiger partial charge in [0.15, 0.2) is 0 Å². The fourth-order valence-electron chi connectivity index (χ4n) is 4.42. The molecule has 1 saturated heterocycles. The largest absolute Gasteiger partial charge is 0.481 e. The third-order valence-corrected chi connectivity index (χ3v) is 7.16. The second kappa shape index (κ2) is 11.9. The van der Waals surface area contributed by atoms with Gasteiger partial charge in [-0.1, -0.05) is 42.5 Å². The van der Waals surface area contributed by atoms with Crippen molar-refractivity contribution >= 4 is 50.1 Å². The zero-order valence-corrected chi connectivity index (χ0v) is 21.3. The van der Waals surface area contributed by atoms with Gasteiger partial charge in [0.1, 0.15) is 5.82 Å². The summed E-state index contributed by atoms with van der Waals surface area (Å²) in [6.07, 6.45) is 0.389. The number of piperazine rings is 1.